The molecule has 1 aliphatic rings. The van der Waals surface area contributed by atoms with Gasteiger partial charge < -0.3 is 10.6 Å². The SMILES string of the molecule is CC(C)N[C@H](C)C1CNC(C)C1. The first-order valence-electron chi connectivity index (χ1n) is 5.09. The van der Waals surface area contributed by atoms with Crippen LogP contribution >= 0.6 is 0 Å². The van der Waals surface area contributed by atoms with Crippen molar-refractivity contribution in [2.45, 2.75) is 52.2 Å². The molecule has 0 aromatic carbocycles. The summed E-state index contributed by atoms with van der Waals surface area (Å²) in [4.78, 5) is 0. The lowest BCUT2D eigenvalue weighted by atomic mass is 9.98. The minimum absolute atomic E-state index is 0.607. The van der Waals surface area contributed by atoms with Crippen LogP contribution in [0.5, 0.6) is 0 Å². The van der Waals surface area contributed by atoms with E-state index in [-0.39, 0.29) is 0 Å². The van der Waals surface area contributed by atoms with Gasteiger partial charge in [0.05, 0.1) is 0 Å². The van der Waals surface area contributed by atoms with Gasteiger partial charge in [0.15, 0.2) is 0 Å². The summed E-state index contributed by atoms with van der Waals surface area (Å²) in [6.07, 6.45) is 1.32. The van der Waals surface area contributed by atoms with E-state index in [0.717, 1.165) is 5.92 Å². The van der Waals surface area contributed by atoms with Gasteiger partial charge in [-0.3, -0.25) is 0 Å². The molecule has 0 aliphatic carbocycles. The van der Waals surface area contributed by atoms with Crippen molar-refractivity contribution in [1.29, 1.82) is 0 Å². The summed E-state index contributed by atoms with van der Waals surface area (Å²) in [6, 6.07) is 1.98. The molecule has 12 heavy (non-hydrogen) atoms. The Balaban J connectivity index is 2.28. The summed E-state index contributed by atoms with van der Waals surface area (Å²) in [5, 5.41) is 7.05. The van der Waals surface area contributed by atoms with Crippen molar-refractivity contribution in [3.05, 3.63) is 0 Å². The van der Waals surface area contributed by atoms with Gasteiger partial charge in [0.1, 0.15) is 0 Å². The van der Waals surface area contributed by atoms with E-state index in [2.05, 4.69) is 38.3 Å². The summed E-state index contributed by atoms with van der Waals surface area (Å²) in [6.45, 7) is 10.2. The predicted octanol–water partition coefficient (Wildman–Crippen LogP) is 1.37. The zero-order valence-corrected chi connectivity index (χ0v) is 8.72. The van der Waals surface area contributed by atoms with Crippen molar-refractivity contribution in [1.82, 2.24) is 10.6 Å². The molecule has 2 N–H and O–H groups in total. The van der Waals surface area contributed by atoms with Gasteiger partial charge in [-0.15, -0.1) is 0 Å². The van der Waals surface area contributed by atoms with Crippen LogP contribution in [0.1, 0.15) is 34.1 Å². The van der Waals surface area contributed by atoms with E-state index >= 15 is 0 Å². The molecule has 0 radical (unpaired) electrons. The molecule has 3 atom stereocenters. The smallest absolute Gasteiger partial charge is 0.00820 e. The highest BCUT2D eigenvalue weighted by molar-refractivity contribution is 4.85. The topological polar surface area (TPSA) is 24.1 Å². The molecule has 1 saturated heterocycles. The van der Waals surface area contributed by atoms with E-state index in [9.17, 15) is 0 Å². The minimum Gasteiger partial charge on any atom is -0.314 e. The van der Waals surface area contributed by atoms with Crippen molar-refractivity contribution in [2.24, 2.45) is 5.92 Å². The Morgan fingerprint density at radius 3 is 2.42 bits per heavy atom. The first kappa shape index (κ1) is 10.0. The second-order valence-corrected chi connectivity index (χ2v) is 4.42. The monoisotopic (exact) mass is 170 g/mol. The standard InChI is InChI=1S/C10H22N2/c1-7(2)12-9(4)10-5-8(3)11-6-10/h7-12H,5-6H2,1-4H3/t8?,9-,10?/m1/s1. The lowest BCUT2D eigenvalue weighted by Gasteiger charge is -2.22. The van der Waals surface area contributed by atoms with E-state index in [0.29, 0.717) is 18.1 Å². The minimum atomic E-state index is 0.607. The normalized spacial score (nSPS) is 32.8. The molecule has 0 saturated carbocycles. The van der Waals surface area contributed by atoms with E-state index < -0.39 is 0 Å². The molecular formula is C10H22N2. The van der Waals surface area contributed by atoms with Crippen molar-refractivity contribution in [3.63, 3.8) is 0 Å². The first-order chi connectivity index (χ1) is 5.59. The van der Waals surface area contributed by atoms with E-state index in [1.54, 1.807) is 0 Å². The molecule has 2 heteroatoms. The van der Waals surface area contributed by atoms with Crippen LogP contribution in [0.15, 0.2) is 0 Å². The average molecular weight is 170 g/mol. The summed E-state index contributed by atoms with van der Waals surface area (Å²) < 4.78 is 0. The Kier molecular flexibility index (Phi) is 3.53. The largest absolute Gasteiger partial charge is 0.314 e. The predicted molar refractivity (Wildman–Crippen MR) is 53.3 cm³/mol. The molecule has 2 nitrogen and oxygen atoms in total. The van der Waals surface area contributed by atoms with Crippen LogP contribution in [0, 0.1) is 5.92 Å². The van der Waals surface area contributed by atoms with E-state index in [4.69, 9.17) is 0 Å². The lowest BCUT2D eigenvalue weighted by molar-refractivity contribution is 0.369. The van der Waals surface area contributed by atoms with Crippen molar-refractivity contribution < 1.29 is 0 Å². The number of rotatable bonds is 3. The Morgan fingerprint density at radius 1 is 1.33 bits per heavy atom. The highest BCUT2D eigenvalue weighted by Crippen LogP contribution is 2.17. The number of hydrogen-bond donors (Lipinski definition) is 2. The fourth-order valence-electron chi connectivity index (χ4n) is 2.02. The van der Waals surface area contributed by atoms with Crippen LogP contribution < -0.4 is 10.6 Å². The second-order valence-electron chi connectivity index (χ2n) is 4.42. The van der Waals surface area contributed by atoms with Gasteiger partial charge in [0.25, 0.3) is 0 Å². The molecule has 0 aromatic rings. The van der Waals surface area contributed by atoms with Crippen LogP contribution in [0.3, 0.4) is 0 Å². The highest BCUT2D eigenvalue weighted by atomic mass is 15.0. The van der Waals surface area contributed by atoms with Crippen LogP contribution in [0.25, 0.3) is 0 Å². The number of hydrogen-bond acceptors (Lipinski definition) is 2. The van der Waals surface area contributed by atoms with Gasteiger partial charge in [-0.2, -0.15) is 0 Å². The third-order valence-electron chi connectivity index (χ3n) is 2.69. The van der Waals surface area contributed by atoms with Crippen molar-refractivity contribution in [3.8, 4) is 0 Å². The Morgan fingerprint density at radius 2 is 2.00 bits per heavy atom. The molecule has 1 fully saturated rings. The third kappa shape index (κ3) is 2.76. The van der Waals surface area contributed by atoms with Gasteiger partial charge in [0, 0.05) is 18.1 Å². The first-order valence-corrected chi connectivity index (χ1v) is 5.09. The Bertz CT molecular complexity index is 134. The van der Waals surface area contributed by atoms with Crippen LogP contribution in [0.2, 0.25) is 0 Å². The van der Waals surface area contributed by atoms with Crippen molar-refractivity contribution in [2.75, 3.05) is 6.54 Å². The molecule has 0 aromatic heterocycles. The summed E-state index contributed by atoms with van der Waals surface area (Å²) >= 11 is 0. The van der Waals surface area contributed by atoms with E-state index in [1.165, 1.54) is 13.0 Å². The fourth-order valence-corrected chi connectivity index (χ4v) is 2.02. The zero-order valence-electron chi connectivity index (χ0n) is 8.72. The quantitative estimate of drug-likeness (QED) is 0.668. The summed E-state index contributed by atoms with van der Waals surface area (Å²) in [7, 11) is 0. The Hall–Kier alpha value is -0.0800. The van der Waals surface area contributed by atoms with Crippen LogP contribution in [-0.4, -0.2) is 24.7 Å². The molecule has 0 amide bonds. The maximum absolute atomic E-state index is 3.57. The molecule has 2 unspecified atom stereocenters. The molecule has 0 bridgehead atoms. The zero-order chi connectivity index (χ0) is 9.14. The van der Waals surface area contributed by atoms with E-state index in [1.807, 2.05) is 0 Å². The van der Waals surface area contributed by atoms with Crippen molar-refractivity contribution >= 4 is 0 Å². The van der Waals surface area contributed by atoms with Crippen LogP contribution in [0.4, 0.5) is 0 Å². The number of nitrogens with one attached hydrogen (secondary N) is 2. The molecule has 1 aliphatic heterocycles. The molecule has 72 valence electrons. The third-order valence-corrected chi connectivity index (χ3v) is 2.69. The van der Waals surface area contributed by atoms with Crippen LogP contribution in [-0.2, 0) is 0 Å². The van der Waals surface area contributed by atoms with Gasteiger partial charge >= 0.3 is 0 Å². The molecule has 0 spiro atoms. The maximum atomic E-state index is 3.57. The molecule has 1 heterocycles. The molecule has 1 rings (SSSR count). The highest BCUT2D eigenvalue weighted by Gasteiger charge is 2.25. The average Bonchev–Trinajstić information content (AvgIpc) is 2.34. The van der Waals surface area contributed by atoms with Gasteiger partial charge in [-0.1, -0.05) is 13.8 Å². The van der Waals surface area contributed by atoms with Gasteiger partial charge in [-0.05, 0) is 32.7 Å². The Labute approximate surface area is 76.1 Å². The van der Waals surface area contributed by atoms with Gasteiger partial charge in [0.2, 0.25) is 0 Å². The second kappa shape index (κ2) is 4.24. The maximum Gasteiger partial charge on any atom is 0.00820 e. The summed E-state index contributed by atoms with van der Waals surface area (Å²) in [5.41, 5.74) is 0. The van der Waals surface area contributed by atoms with Gasteiger partial charge in [-0.25, -0.2) is 0 Å². The fraction of sp³-hybridized carbons (Fsp3) is 1.00. The lowest BCUT2D eigenvalue weighted by Crippen LogP contribution is -2.38. The summed E-state index contributed by atoms with van der Waals surface area (Å²) in [5.74, 6) is 0.822. The molecular weight excluding hydrogens is 148 g/mol.